The maximum absolute atomic E-state index is 12.6. The Morgan fingerprint density at radius 1 is 0.970 bits per heavy atom. The normalized spacial score (nSPS) is 22.2. The van der Waals surface area contributed by atoms with E-state index >= 15 is 0 Å². The molecule has 0 radical (unpaired) electrons. The lowest BCUT2D eigenvalue weighted by atomic mass is 9.98. The molecule has 3 N–H and O–H groups in total. The number of carbonyl (C=O) groups excluding carboxylic acids is 2. The highest BCUT2D eigenvalue weighted by molar-refractivity contribution is 5.89. The first kappa shape index (κ1) is 21.5. The summed E-state index contributed by atoms with van der Waals surface area (Å²) in [5, 5.41) is 14.9. The Kier molecular flexibility index (Phi) is 5.56. The van der Waals surface area contributed by atoms with E-state index < -0.39 is 17.6 Å². The molecular formula is C26H28N2O5. The first-order chi connectivity index (χ1) is 16.0. The molecule has 2 aromatic rings. The van der Waals surface area contributed by atoms with Crippen molar-refractivity contribution in [3.8, 4) is 11.1 Å². The number of hydrogen-bond donors (Lipinski definition) is 3. The number of carbonyl (C=O) groups is 3. The summed E-state index contributed by atoms with van der Waals surface area (Å²) in [5.41, 5.74) is 3.60. The standard InChI is InChI=1S/C26H28N2O5/c29-23(28-26(12-13-26)24(30)31)14-16-6-5-11-22(16)27-25(32)33-15-21-19-9-3-1-7-17(19)18-8-2-4-10-20(18)21/h1-4,7-10,16,21-22H,5-6,11-15H2,(H,27,32)(H,28,29)(H,30,31)/t16-,22+/m0/s1. The van der Waals surface area contributed by atoms with Crippen LogP contribution < -0.4 is 10.6 Å². The molecule has 2 aromatic carbocycles. The van der Waals surface area contributed by atoms with E-state index in [1.54, 1.807) is 0 Å². The molecular weight excluding hydrogens is 420 g/mol. The van der Waals surface area contributed by atoms with Crippen LogP contribution in [0.3, 0.4) is 0 Å². The topological polar surface area (TPSA) is 105 Å². The van der Waals surface area contributed by atoms with Crippen LogP contribution in [-0.2, 0) is 14.3 Å². The Balaban J connectivity index is 1.17. The number of carboxylic acid groups (broad SMARTS) is 1. The van der Waals surface area contributed by atoms with Crippen LogP contribution in [0.1, 0.15) is 55.6 Å². The number of benzene rings is 2. The number of alkyl carbamates (subject to hydrolysis) is 1. The van der Waals surface area contributed by atoms with Crippen LogP contribution in [-0.4, -0.2) is 41.3 Å². The number of ether oxygens (including phenoxy) is 1. The molecule has 0 spiro atoms. The summed E-state index contributed by atoms with van der Waals surface area (Å²) < 4.78 is 5.65. The minimum Gasteiger partial charge on any atom is -0.480 e. The Labute approximate surface area is 192 Å². The second-order valence-electron chi connectivity index (χ2n) is 9.41. The number of rotatable bonds is 7. The minimum absolute atomic E-state index is 0.000877. The summed E-state index contributed by atoms with van der Waals surface area (Å²) in [6.07, 6.45) is 3.20. The quantitative estimate of drug-likeness (QED) is 0.597. The zero-order chi connectivity index (χ0) is 23.0. The van der Waals surface area contributed by atoms with Gasteiger partial charge in [0.2, 0.25) is 5.91 Å². The highest BCUT2D eigenvalue weighted by Crippen LogP contribution is 2.44. The zero-order valence-electron chi connectivity index (χ0n) is 18.4. The van der Waals surface area contributed by atoms with Gasteiger partial charge < -0.3 is 20.5 Å². The van der Waals surface area contributed by atoms with Gasteiger partial charge in [0.25, 0.3) is 0 Å². The SMILES string of the molecule is O=C(C[C@@H]1CCC[C@H]1NC(=O)OCC1c2ccccc2-c2ccccc21)NC1(C(=O)O)CC1. The predicted octanol–water partition coefficient (Wildman–Crippen LogP) is 3.82. The second-order valence-corrected chi connectivity index (χ2v) is 9.41. The first-order valence-electron chi connectivity index (χ1n) is 11.6. The molecule has 0 aliphatic heterocycles. The van der Waals surface area contributed by atoms with Crippen LogP contribution in [0.25, 0.3) is 11.1 Å². The third-order valence-corrected chi connectivity index (χ3v) is 7.29. The maximum atomic E-state index is 12.6. The third-order valence-electron chi connectivity index (χ3n) is 7.29. The zero-order valence-corrected chi connectivity index (χ0v) is 18.4. The van der Waals surface area contributed by atoms with E-state index in [1.807, 2.05) is 24.3 Å². The highest BCUT2D eigenvalue weighted by Gasteiger charge is 2.51. The summed E-state index contributed by atoms with van der Waals surface area (Å²) in [7, 11) is 0. The maximum Gasteiger partial charge on any atom is 0.407 e. The van der Waals surface area contributed by atoms with E-state index in [9.17, 15) is 19.5 Å². The molecule has 5 rings (SSSR count). The lowest BCUT2D eigenvalue weighted by Crippen LogP contribution is -2.45. The average molecular weight is 449 g/mol. The predicted molar refractivity (Wildman–Crippen MR) is 122 cm³/mol. The van der Waals surface area contributed by atoms with Crippen molar-refractivity contribution in [2.24, 2.45) is 5.92 Å². The van der Waals surface area contributed by atoms with E-state index in [1.165, 1.54) is 11.1 Å². The van der Waals surface area contributed by atoms with E-state index in [0.717, 1.165) is 30.4 Å². The van der Waals surface area contributed by atoms with Crippen molar-refractivity contribution in [1.82, 2.24) is 10.6 Å². The lowest BCUT2D eigenvalue weighted by molar-refractivity contribution is -0.143. The molecule has 2 amide bonds. The largest absolute Gasteiger partial charge is 0.480 e. The minimum atomic E-state index is -1.08. The number of nitrogens with one attached hydrogen (secondary N) is 2. The smallest absolute Gasteiger partial charge is 0.407 e. The molecule has 2 saturated carbocycles. The van der Waals surface area contributed by atoms with Crippen LogP contribution in [0, 0.1) is 5.92 Å². The van der Waals surface area contributed by atoms with Crippen molar-refractivity contribution in [3.63, 3.8) is 0 Å². The molecule has 7 nitrogen and oxygen atoms in total. The van der Waals surface area contributed by atoms with Gasteiger partial charge in [0.05, 0.1) is 0 Å². The highest BCUT2D eigenvalue weighted by atomic mass is 16.5. The second kappa shape index (κ2) is 8.54. The van der Waals surface area contributed by atoms with Gasteiger partial charge in [-0.1, -0.05) is 55.0 Å². The van der Waals surface area contributed by atoms with Crippen molar-refractivity contribution in [3.05, 3.63) is 59.7 Å². The summed E-state index contributed by atoms with van der Waals surface area (Å²) in [6, 6.07) is 16.2. The monoisotopic (exact) mass is 448 g/mol. The molecule has 0 unspecified atom stereocenters. The van der Waals surface area contributed by atoms with Crippen LogP contribution in [0.4, 0.5) is 4.79 Å². The summed E-state index contributed by atoms with van der Waals surface area (Å²) in [4.78, 5) is 36.3. The molecule has 3 aliphatic rings. The molecule has 2 fully saturated rings. The molecule has 0 bridgehead atoms. The van der Waals surface area contributed by atoms with Crippen LogP contribution in [0.2, 0.25) is 0 Å². The Hall–Kier alpha value is -3.35. The molecule has 7 heteroatoms. The van der Waals surface area contributed by atoms with Crippen molar-refractivity contribution in [2.75, 3.05) is 6.61 Å². The number of carboxylic acids is 1. The van der Waals surface area contributed by atoms with Crippen molar-refractivity contribution in [2.45, 2.75) is 56.0 Å². The number of aliphatic carboxylic acids is 1. The van der Waals surface area contributed by atoms with Gasteiger partial charge in [-0.15, -0.1) is 0 Å². The summed E-state index contributed by atoms with van der Waals surface area (Å²) in [5.74, 6) is -1.26. The fraction of sp³-hybridized carbons (Fsp3) is 0.423. The molecule has 172 valence electrons. The van der Waals surface area contributed by atoms with E-state index in [-0.39, 0.29) is 36.8 Å². The van der Waals surface area contributed by atoms with Gasteiger partial charge in [-0.2, -0.15) is 0 Å². The number of hydrogen-bond acceptors (Lipinski definition) is 4. The number of amides is 2. The number of fused-ring (bicyclic) bond motifs is 3. The molecule has 0 heterocycles. The van der Waals surface area contributed by atoms with E-state index in [0.29, 0.717) is 12.8 Å². The van der Waals surface area contributed by atoms with Gasteiger partial charge in [-0.05, 0) is 53.9 Å². The fourth-order valence-electron chi connectivity index (χ4n) is 5.34. The van der Waals surface area contributed by atoms with Gasteiger partial charge >= 0.3 is 12.1 Å². The first-order valence-corrected chi connectivity index (χ1v) is 11.6. The van der Waals surface area contributed by atoms with Gasteiger partial charge in [-0.3, -0.25) is 4.79 Å². The van der Waals surface area contributed by atoms with E-state index in [2.05, 4.69) is 34.9 Å². The Bertz CT molecular complexity index is 1050. The average Bonchev–Trinajstić information content (AvgIpc) is 3.36. The molecule has 2 atom stereocenters. The fourth-order valence-corrected chi connectivity index (χ4v) is 5.34. The third kappa shape index (κ3) is 4.19. The van der Waals surface area contributed by atoms with Crippen molar-refractivity contribution in [1.29, 1.82) is 0 Å². The van der Waals surface area contributed by atoms with Crippen LogP contribution in [0.15, 0.2) is 48.5 Å². The van der Waals surface area contributed by atoms with Gasteiger partial charge in [0.1, 0.15) is 12.1 Å². The van der Waals surface area contributed by atoms with Crippen molar-refractivity contribution >= 4 is 18.0 Å². The molecule has 3 aliphatic carbocycles. The van der Waals surface area contributed by atoms with Crippen molar-refractivity contribution < 1.29 is 24.2 Å². The molecule has 0 aromatic heterocycles. The summed E-state index contributed by atoms with van der Waals surface area (Å²) >= 11 is 0. The van der Waals surface area contributed by atoms with Gasteiger partial charge in [0.15, 0.2) is 0 Å². The Morgan fingerprint density at radius 3 is 2.21 bits per heavy atom. The van der Waals surface area contributed by atoms with Gasteiger partial charge in [-0.25, -0.2) is 9.59 Å². The lowest BCUT2D eigenvalue weighted by Gasteiger charge is -2.22. The van der Waals surface area contributed by atoms with Crippen LogP contribution >= 0.6 is 0 Å². The van der Waals surface area contributed by atoms with Gasteiger partial charge in [0, 0.05) is 18.4 Å². The van der Waals surface area contributed by atoms with E-state index in [4.69, 9.17) is 4.74 Å². The molecule has 0 saturated heterocycles. The molecule has 33 heavy (non-hydrogen) atoms. The Morgan fingerprint density at radius 2 is 1.61 bits per heavy atom. The summed E-state index contributed by atoms with van der Waals surface area (Å²) in [6.45, 7) is 0.249. The van der Waals surface area contributed by atoms with Crippen LogP contribution in [0.5, 0.6) is 0 Å².